The number of carbonyl (C=O) groups excluding carboxylic acids is 1. The van der Waals surface area contributed by atoms with Gasteiger partial charge in [-0.3, -0.25) is 4.79 Å². The van der Waals surface area contributed by atoms with E-state index < -0.39 is 0 Å². The van der Waals surface area contributed by atoms with Crippen LogP contribution in [-0.2, 0) is 4.79 Å². The van der Waals surface area contributed by atoms with E-state index in [1.165, 1.54) is 4.90 Å². The van der Waals surface area contributed by atoms with Gasteiger partial charge >= 0.3 is 0 Å². The van der Waals surface area contributed by atoms with E-state index in [2.05, 4.69) is 10.2 Å². The van der Waals surface area contributed by atoms with Gasteiger partial charge in [-0.1, -0.05) is 11.8 Å². The average molecular weight is 362 g/mol. The third-order valence-electron chi connectivity index (χ3n) is 3.35. The van der Waals surface area contributed by atoms with Gasteiger partial charge < -0.3 is 18.8 Å². The molecule has 1 aromatic carbocycles. The maximum absolute atomic E-state index is 11.9. The summed E-state index contributed by atoms with van der Waals surface area (Å²) in [6.07, 6.45) is 0.300. The Bertz CT molecular complexity index is 772. The van der Waals surface area contributed by atoms with Gasteiger partial charge in [0.2, 0.25) is 5.91 Å². The van der Waals surface area contributed by atoms with Gasteiger partial charge in [-0.15, -0.1) is 10.2 Å². The largest absolute Gasteiger partial charge is 0.497 e. The van der Waals surface area contributed by atoms with Crippen molar-refractivity contribution in [3.63, 3.8) is 0 Å². The Labute approximate surface area is 149 Å². The zero-order valence-electron chi connectivity index (χ0n) is 14.2. The summed E-state index contributed by atoms with van der Waals surface area (Å²) in [5, 5.41) is 16.8. The number of hydrogen-bond acceptors (Lipinski definition) is 8. The van der Waals surface area contributed by atoms with Crippen LogP contribution in [0.5, 0.6) is 11.5 Å². The minimum atomic E-state index is -0.109. The Kier molecular flexibility index (Phi) is 6.65. The summed E-state index contributed by atoms with van der Waals surface area (Å²) in [6.45, 7) is 0.397. The highest BCUT2D eigenvalue weighted by molar-refractivity contribution is 7.99. The lowest BCUT2D eigenvalue weighted by atomic mass is 10.2. The number of hydrogen-bond donors (Lipinski definition) is 0. The van der Waals surface area contributed by atoms with Crippen LogP contribution in [0.1, 0.15) is 6.42 Å². The van der Waals surface area contributed by atoms with E-state index in [4.69, 9.17) is 19.2 Å². The Hall–Kier alpha value is -2.73. The fourth-order valence-electron chi connectivity index (χ4n) is 1.93. The van der Waals surface area contributed by atoms with Gasteiger partial charge in [0.1, 0.15) is 11.5 Å². The van der Waals surface area contributed by atoms with E-state index in [9.17, 15) is 4.79 Å². The summed E-state index contributed by atoms with van der Waals surface area (Å²) in [5.41, 5.74) is 0.639. The molecule has 1 aromatic heterocycles. The van der Waals surface area contributed by atoms with Crippen LogP contribution in [0.4, 0.5) is 0 Å². The van der Waals surface area contributed by atoms with Crippen LogP contribution >= 0.6 is 11.8 Å². The standard InChI is InChI=1S/C16H18N4O4S/c1-20(8-4-7-17)14(21)10-25-16-19-18-15(24-16)12-6-5-11(22-2)9-13(12)23-3/h5-6,9H,4,8,10H2,1-3H3. The molecule has 2 rings (SSSR count). The van der Waals surface area contributed by atoms with Gasteiger partial charge in [-0.25, -0.2) is 0 Å². The number of nitriles is 1. The molecule has 0 aliphatic rings. The van der Waals surface area contributed by atoms with Gasteiger partial charge in [0.25, 0.3) is 11.1 Å². The first-order valence-corrected chi connectivity index (χ1v) is 8.37. The van der Waals surface area contributed by atoms with Crippen LogP contribution in [0, 0.1) is 11.3 Å². The number of ether oxygens (including phenoxy) is 2. The predicted octanol–water partition coefficient (Wildman–Crippen LogP) is 2.22. The first-order chi connectivity index (χ1) is 12.1. The second kappa shape index (κ2) is 8.94. The van der Waals surface area contributed by atoms with Crippen molar-refractivity contribution in [2.24, 2.45) is 0 Å². The van der Waals surface area contributed by atoms with Crippen LogP contribution in [0.2, 0.25) is 0 Å². The summed E-state index contributed by atoms with van der Waals surface area (Å²) >= 11 is 1.15. The molecule has 0 N–H and O–H groups in total. The number of thioether (sulfide) groups is 1. The molecule has 0 aliphatic heterocycles. The molecule has 0 saturated heterocycles. The number of aromatic nitrogens is 2. The molecule has 8 nitrogen and oxygen atoms in total. The van der Waals surface area contributed by atoms with E-state index in [1.54, 1.807) is 39.5 Å². The number of nitrogens with zero attached hydrogens (tertiary/aromatic N) is 4. The van der Waals surface area contributed by atoms with Crippen molar-refractivity contribution in [3.8, 4) is 29.0 Å². The number of amides is 1. The predicted molar refractivity (Wildman–Crippen MR) is 91.4 cm³/mol. The minimum Gasteiger partial charge on any atom is -0.497 e. The molecule has 132 valence electrons. The van der Waals surface area contributed by atoms with Crippen molar-refractivity contribution < 1.29 is 18.7 Å². The number of benzene rings is 1. The normalized spacial score (nSPS) is 10.2. The van der Waals surface area contributed by atoms with E-state index in [1.807, 2.05) is 6.07 Å². The molecule has 0 atom stereocenters. The monoisotopic (exact) mass is 362 g/mol. The lowest BCUT2D eigenvalue weighted by Gasteiger charge is -2.13. The second-order valence-electron chi connectivity index (χ2n) is 4.95. The van der Waals surface area contributed by atoms with Crippen molar-refractivity contribution in [2.75, 3.05) is 33.6 Å². The third kappa shape index (κ3) is 4.87. The van der Waals surface area contributed by atoms with Crippen LogP contribution in [0.15, 0.2) is 27.8 Å². The van der Waals surface area contributed by atoms with Crippen LogP contribution < -0.4 is 9.47 Å². The van der Waals surface area contributed by atoms with Gasteiger partial charge in [0, 0.05) is 19.7 Å². The van der Waals surface area contributed by atoms with Crippen LogP contribution in [0.25, 0.3) is 11.5 Å². The molecule has 0 bridgehead atoms. The number of carbonyl (C=O) groups is 1. The topological polar surface area (TPSA) is 101 Å². The van der Waals surface area contributed by atoms with Crippen LogP contribution in [0.3, 0.4) is 0 Å². The molecule has 0 unspecified atom stereocenters. The Morgan fingerprint density at radius 3 is 2.84 bits per heavy atom. The Morgan fingerprint density at radius 1 is 1.36 bits per heavy atom. The molecule has 0 radical (unpaired) electrons. The molecule has 0 spiro atoms. The minimum absolute atomic E-state index is 0.109. The average Bonchev–Trinajstić information content (AvgIpc) is 3.12. The molecule has 25 heavy (non-hydrogen) atoms. The molecule has 2 aromatic rings. The molecule has 0 saturated carbocycles. The zero-order valence-corrected chi connectivity index (χ0v) is 15.0. The summed E-state index contributed by atoms with van der Waals surface area (Å²) in [6, 6.07) is 7.26. The van der Waals surface area contributed by atoms with E-state index >= 15 is 0 Å². The lowest BCUT2D eigenvalue weighted by Crippen LogP contribution is -2.29. The smallest absolute Gasteiger partial charge is 0.277 e. The first kappa shape index (κ1) is 18.6. The van der Waals surface area contributed by atoms with Gasteiger partial charge in [0.15, 0.2) is 0 Å². The number of methoxy groups -OCH3 is 2. The van der Waals surface area contributed by atoms with E-state index in [-0.39, 0.29) is 16.9 Å². The SMILES string of the molecule is COc1ccc(-c2nnc(SCC(=O)N(C)CCC#N)o2)c(OC)c1. The summed E-state index contributed by atoms with van der Waals surface area (Å²) in [7, 11) is 4.77. The lowest BCUT2D eigenvalue weighted by molar-refractivity contribution is -0.127. The van der Waals surface area contributed by atoms with Gasteiger partial charge in [0.05, 0.1) is 38.0 Å². The highest BCUT2D eigenvalue weighted by Gasteiger charge is 2.16. The maximum atomic E-state index is 11.9. The first-order valence-electron chi connectivity index (χ1n) is 7.38. The van der Waals surface area contributed by atoms with Crippen molar-refractivity contribution in [3.05, 3.63) is 18.2 Å². The number of rotatable bonds is 8. The molecular weight excluding hydrogens is 344 g/mol. The third-order valence-corrected chi connectivity index (χ3v) is 4.15. The zero-order chi connectivity index (χ0) is 18.2. The fraction of sp³-hybridized carbons (Fsp3) is 0.375. The Morgan fingerprint density at radius 2 is 2.16 bits per heavy atom. The highest BCUT2D eigenvalue weighted by Crippen LogP contribution is 2.33. The quantitative estimate of drug-likeness (QED) is 0.659. The summed E-state index contributed by atoms with van der Waals surface area (Å²) in [5.74, 6) is 1.55. The molecule has 0 fully saturated rings. The van der Waals surface area contributed by atoms with Gasteiger partial charge in [-0.2, -0.15) is 5.26 Å². The molecule has 9 heteroatoms. The molecule has 1 heterocycles. The highest BCUT2D eigenvalue weighted by atomic mass is 32.2. The molecule has 1 amide bonds. The van der Waals surface area contributed by atoms with Crippen molar-refractivity contribution >= 4 is 17.7 Å². The fourth-order valence-corrected chi connectivity index (χ4v) is 2.63. The summed E-state index contributed by atoms with van der Waals surface area (Å²) in [4.78, 5) is 13.4. The van der Waals surface area contributed by atoms with E-state index in [0.29, 0.717) is 35.9 Å². The molecular formula is C16H18N4O4S. The maximum Gasteiger partial charge on any atom is 0.277 e. The van der Waals surface area contributed by atoms with E-state index in [0.717, 1.165) is 11.8 Å². The van der Waals surface area contributed by atoms with Crippen molar-refractivity contribution in [2.45, 2.75) is 11.6 Å². The summed E-state index contributed by atoms with van der Waals surface area (Å²) < 4.78 is 16.1. The van der Waals surface area contributed by atoms with Crippen LogP contribution in [-0.4, -0.2) is 54.6 Å². The van der Waals surface area contributed by atoms with Gasteiger partial charge in [-0.05, 0) is 12.1 Å². The van der Waals surface area contributed by atoms with Crippen molar-refractivity contribution in [1.82, 2.24) is 15.1 Å². The second-order valence-corrected chi connectivity index (χ2v) is 5.88. The van der Waals surface area contributed by atoms with Crippen molar-refractivity contribution in [1.29, 1.82) is 5.26 Å². The Balaban J connectivity index is 2.03. The molecule has 0 aliphatic carbocycles.